The van der Waals surface area contributed by atoms with Crippen LogP contribution in [0.25, 0.3) is 0 Å². The summed E-state index contributed by atoms with van der Waals surface area (Å²) in [5.74, 6) is 0. The molecule has 2 heterocycles. The molecular weight excluding hydrogens is 224 g/mol. The lowest BCUT2D eigenvalue weighted by atomic mass is 9.89. The Labute approximate surface area is 111 Å². The molecule has 2 aliphatic heterocycles. The summed E-state index contributed by atoms with van der Waals surface area (Å²) in [5, 5.41) is 3.75. The number of nitrogens with zero attached hydrogens (tertiary/aromatic N) is 1. The van der Waals surface area contributed by atoms with Crippen LogP contribution in [0.5, 0.6) is 0 Å². The van der Waals surface area contributed by atoms with Crippen molar-refractivity contribution < 1.29 is 4.74 Å². The predicted octanol–water partition coefficient (Wildman–Crippen LogP) is 2.16. The van der Waals surface area contributed by atoms with E-state index in [1.54, 1.807) is 0 Å². The molecule has 0 aromatic carbocycles. The summed E-state index contributed by atoms with van der Waals surface area (Å²) < 4.78 is 5.57. The van der Waals surface area contributed by atoms with E-state index in [4.69, 9.17) is 4.74 Å². The number of rotatable bonds is 3. The van der Waals surface area contributed by atoms with Gasteiger partial charge in [-0.1, -0.05) is 0 Å². The van der Waals surface area contributed by atoms with Crippen molar-refractivity contribution in [3.05, 3.63) is 0 Å². The number of piperidine rings is 1. The summed E-state index contributed by atoms with van der Waals surface area (Å²) in [6, 6.07) is 3.17. The van der Waals surface area contributed by atoms with E-state index in [1.165, 1.54) is 51.4 Å². The molecule has 3 fully saturated rings. The summed E-state index contributed by atoms with van der Waals surface area (Å²) in [6.07, 6.45) is 11.2. The molecule has 1 aliphatic carbocycles. The van der Waals surface area contributed by atoms with Gasteiger partial charge in [0.1, 0.15) is 0 Å². The van der Waals surface area contributed by atoms with Gasteiger partial charge in [-0.3, -0.25) is 0 Å². The minimum Gasteiger partial charge on any atom is -0.381 e. The van der Waals surface area contributed by atoms with E-state index in [9.17, 15) is 0 Å². The first-order valence-corrected chi connectivity index (χ1v) is 7.77. The van der Waals surface area contributed by atoms with Crippen LogP contribution in [0.2, 0.25) is 0 Å². The van der Waals surface area contributed by atoms with Gasteiger partial charge < -0.3 is 15.0 Å². The van der Waals surface area contributed by atoms with Gasteiger partial charge in [-0.25, -0.2) is 0 Å². The Bertz CT molecular complexity index is 272. The standard InChI is InChI=1S/C15H28N2O/c1-17(13-4-3-5-15(10-13)18-2)14-8-11-6-7-12(9-14)16-11/h11-16H,3-10H2,1-2H3. The fourth-order valence-electron chi connectivity index (χ4n) is 4.36. The lowest BCUT2D eigenvalue weighted by molar-refractivity contribution is 0.0165. The molecule has 2 saturated heterocycles. The van der Waals surface area contributed by atoms with Gasteiger partial charge in [-0.15, -0.1) is 0 Å². The van der Waals surface area contributed by atoms with Crippen LogP contribution in [0.1, 0.15) is 51.4 Å². The molecule has 1 saturated carbocycles. The van der Waals surface area contributed by atoms with Crippen molar-refractivity contribution in [2.24, 2.45) is 0 Å². The number of methoxy groups -OCH3 is 1. The van der Waals surface area contributed by atoms with Crippen LogP contribution in [0, 0.1) is 0 Å². The maximum absolute atomic E-state index is 5.57. The third-order valence-electron chi connectivity index (χ3n) is 5.53. The molecule has 4 unspecified atom stereocenters. The monoisotopic (exact) mass is 252 g/mol. The molecule has 0 radical (unpaired) electrons. The summed E-state index contributed by atoms with van der Waals surface area (Å²) in [4.78, 5) is 2.69. The van der Waals surface area contributed by atoms with Gasteiger partial charge in [0.05, 0.1) is 6.10 Å². The van der Waals surface area contributed by atoms with Crippen molar-refractivity contribution in [3.63, 3.8) is 0 Å². The van der Waals surface area contributed by atoms with Crippen LogP contribution in [0.15, 0.2) is 0 Å². The second-order valence-corrected chi connectivity index (χ2v) is 6.61. The number of hydrogen-bond donors (Lipinski definition) is 1. The van der Waals surface area contributed by atoms with Gasteiger partial charge >= 0.3 is 0 Å². The molecule has 0 amide bonds. The Morgan fingerprint density at radius 2 is 1.67 bits per heavy atom. The van der Waals surface area contributed by atoms with E-state index >= 15 is 0 Å². The SMILES string of the molecule is COC1CCCC(N(C)C2CC3CCC(C2)N3)C1. The van der Waals surface area contributed by atoms with Crippen LogP contribution in [0.3, 0.4) is 0 Å². The average Bonchev–Trinajstić information content (AvgIpc) is 2.76. The Morgan fingerprint density at radius 3 is 2.33 bits per heavy atom. The highest BCUT2D eigenvalue weighted by atomic mass is 16.5. The van der Waals surface area contributed by atoms with E-state index in [0.29, 0.717) is 6.10 Å². The topological polar surface area (TPSA) is 24.5 Å². The quantitative estimate of drug-likeness (QED) is 0.833. The first kappa shape index (κ1) is 12.9. The molecule has 0 spiro atoms. The molecule has 4 atom stereocenters. The molecule has 104 valence electrons. The van der Waals surface area contributed by atoms with Gasteiger partial charge in [0.15, 0.2) is 0 Å². The van der Waals surface area contributed by atoms with Gasteiger partial charge in [-0.2, -0.15) is 0 Å². The Balaban J connectivity index is 1.58. The van der Waals surface area contributed by atoms with Crippen molar-refractivity contribution in [3.8, 4) is 0 Å². The molecule has 2 bridgehead atoms. The van der Waals surface area contributed by atoms with Crippen LogP contribution in [-0.2, 0) is 4.74 Å². The molecule has 1 N–H and O–H groups in total. The highest BCUT2D eigenvalue weighted by Gasteiger charge is 2.37. The normalized spacial score (nSPS) is 44.5. The Kier molecular flexibility index (Phi) is 3.92. The third kappa shape index (κ3) is 2.59. The minimum absolute atomic E-state index is 0.504. The van der Waals surface area contributed by atoms with E-state index in [2.05, 4.69) is 17.3 Å². The van der Waals surface area contributed by atoms with Crippen molar-refractivity contribution in [1.29, 1.82) is 0 Å². The van der Waals surface area contributed by atoms with Crippen LogP contribution >= 0.6 is 0 Å². The summed E-state index contributed by atoms with van der Waals surface area (Å²) in [5.41, 5.74) is 0. The zero-order chi connectivity index (χ0) is 12.5. The van der Waals surface area contributed by atoms with Crippen LogP contribution in [0.4, 0.5) is 0 Å². The molecule has 3 nitrogen and oxygen atoms in total. The Morgan fingerprint density at radius 1 is 0.944 bits per heavy atom. The van der Waals surface area contributed by atoms with Gasteiger partial charge in [0.2, 0.25) is 0 Å². The largest absolute Gasteiger partial charge is 0.381 e. The molecule has 3 heteroatoms. The van der Waals surface area contributed by atoms with Crippen LogP contribution in [-0.4, -0.2) is 49.3 Å². The summed E-state index contributed by atoms with van der Waals surface area (Å²) in [6.45, 7) is 0. The number of nitrogens with one attached hydrogen (secondary N) is 1. The molecule has 3 aliphatic rings. The van der Waals surface area contributed by atoms with E-state index in [-0.39, 0.29) is 0 Å². The zero-order valence-electron chi connectivity index (χ0n) is 11.9. The highest BCUT2D eigenvalue weighted by molar-refractivity contribution is 4.96. The van der Waals surface area contributed by atoms with Crippen molar-refractivity contribution in [2.45, 2.75) is 81.6 Å². The van der Waals surface area contributed by atoms with Crippen molar-refractivity contribution >= 4 is 0 Å². The molecular formula is C15H28N2O. The molecule has 0 aromatic rings. The second kappa shape index (κ2) is 5.48. The van der Waals surface area contributed by atoms with E-state index in [1.807, 2.05) is 7.11 Å². The second-order valence-electron chi connectivity index (χ2n) is 6.61. The maximum atomic E-state index is 5.57. The van der Waals surface area contributed by atoms with Crippen LogP contribution < -0.4 is 5.32 Å². The molecule has 3 rings (SSSR count). The number of ether oxygens (including phenoxy) is 1. The summed E-state index contributed by atoms with van der Waals surface area (Å²) in [7, 11) is 4.23. The zero-order valence-corrected chi connectivity index (χ0v) is 11.9. The first-order valence-electron chi connectivity index (χ1n) is 7.77. The number of fused-ring (bicyclic) bond motifs is 2. The first-order chi connectivity index (χ1) is 8.76. The smallest absolute Gasteiger partial charge is 0.0586 e. The predicted molar refractivity (Wildman–Crippen MR) is 73.8 cm³/mol. The summed E-state index contributed by atoms with van der Waals surface area (Å²) >= 11 is 0. The van der Waals surface area contributed by atoms with Gasteiger partial charge in [0.25, 0.3) is 0 Å². The fraction of sp³-hybridized carbons (Fsp3) is 1.00. The Hall–Kier alpha value is -0.120. The van der Waals surface area contributed by atoms with Gasteiger partial charge in [-0.05, 0) is 58.4 Å². The maximum Gasteiger partial charge on any atom is 0.0586 e. The molecule has 0 aromatic heterocycles. The van der Waals surface area contributed by atoms with E-state index < -0.39 is 0 Å². The van der Waals surface area contributed by atoms with Gasteiger partial charge in [0, 0.05) is 31.3 Å². The third-order valence-corrected chi connectivity index (χ3v) is 5.53. The molecule has 18 heavy (non-hydrogen) atoms. The highest BCUT2D eigenvalue weighted by Crippen LogP contribution is 2.33. The minimum atomic E-state index is 0.504. The fourth-order valence-corrected chi connectivity index (χ4v) is 4.36. The number of hydrogen-bond acceptors (Lipinski definition) is 3. The van der Waals surface area contributed by atoms with Crippen molar-refractivity contribution in [1.82, 2.24) is 10.2 Å². The van der Waals surface area contributed by atoms with Crippen molar-refractivity contribution in [2.75, 3.05) is 14.2 Å². The lowest BCUT2D eigenvalue weighted by Gasteiger charge is -2.42. The lowest BCUT2D eigenvalue weighted by Crippen LogP contribution is -2.51. The average molecular weight is 252 g/mol. The van der Waals surface area contributed by atoms with E-state index in [0.717, 1.165) is 24.2 Å².